The van der Waals surface area contributed by atoms with Crippen LogP contribution in [0.15, 0.2) is 11.4 Å². The molecule has 3 heteroatoms. The normalized spacial score (nSPS) is 12.0. The predicted molar refractivity (Wildman–Crippen MR) is 52.3 cm³/mol. The second kappa shape index (κ2) is 2.68. The molecular weight excluding hydrogens is 180 g/mol. The molecule has 0 saturated heterocycles. The molecule has 0 bridgehead atoms. The number of hydrogen-bond donors (Lipinski definition) is 0. The highest BCUT2D eigenvalue weighted by molar-refractivity contribution is 7.17. The van der Waals surface area contributed by atoms with Gasteiger partial charge in [-0.2, -0.15) is 0 Å². The molecule has 1 aromatic heterocycles. The lowest BCUT2D eigenvalue weighted by atomic mass is 10.7. The summed E-state index contributed by atoms with van der Waals surface area (Å²) in [5.41, 5.74) is 0. The van der Waals surface area contributed by atoms with E-state index in [1.165, 1.54) is 5.19 Å². The Balaban J connectivity index is 3.05. The van der Waals surface area contributed by atoms with E-state index >= 15 is 0 Å². The molecule has 10 heavy (non-hydrogen) atoms. The maximum atomic E-state index is 5.98. The van der Waals surface area contributed by atoms with Crippen molar-refractivity contribution in [3.05, 3.63) is 15.8 Å². The van der Waals surface area contributed by atoms with Gasteiger partial charge in [0.1, 0.15) is 0 Å². The number of rotatable bonds is 1. The van der Waals surface area contributed by atoms with Crippen LogP contribution in [0.3, 0.4) is 0 Å². The summed E-state index contributed by atoms with van der Waals surface area (Å²) in [5.74, 6) is 0. The molecule has 0 aliphatic carbocycles. The van der Waals surface area contributed by atoms with Crippen molar-refractivity contribution in [2.45, 2.75) is 19.6 Å². The highest BCUT2D eigenvalue weighted by Gasteiger charge is 2.19. The fourth-order valence-corrected chi connectivity index (χ4v) is 4.81. The molecule has 0 aliphatic rings. The molecule has 1 heterocycles. The summed E-state index contributed by atoms with van der Waals surface area (Å²) in [5, 5.41) is 3.45. The van der Waals surface area contributed by atoms with Crippen molar-refractivity contribution in [1.29, 1.82) is 0 Å². The Kier molecular flexibility index (Phi) is 2.23. The second-order valence-corrected chi connectivity index (χ2v) is 9.91. The average molecular weight is 191 g/mol. The fourth-order valence-electron chi connectivity index (χ4n) is 0.836. The van der Waals surface area contributed by atoms with E-state index in [2.05, 4.69) is 31.1 Å². The Morgan fingerprint density at radius 1 is 1.40 bits per heavy atom. The van der Waals surface area contributed by atoms with E-state index < -0.39 is 8.07 Å². The first-order valence-corrected chi connectivity index (χ1v) is 8.01. The lowest BCUT2D eigenvalue weighted by Gasteiger charge is -2.13. The molecule has 1 aromatic rings. The van der Waals surface area contributed by atoms with Gasteiger partial charge in [0.2, 0.25) is 0 Å². The standard InChI is InChI=1S/C7H11ClSSi/c1-10(2,3)6-4-5-9-7(6)8/h4-5H,1-3H3. The van der Waals surface area contributed by atoms with Gasteiger partial charge in [-0.25, -0.2) is 0 Å². The summed E-state index contributed by atoms with van der Waals surface area (Å²) in [6, 6.07) is 2.15. The minimum absolute atomic E-state index is 0.985. The third-order valence-corrected chi connectivity index (χ3v) is 4.97. The van der Waals surface area contributed by atoms with Crippen LogP contribution in [0.2, 0.25) is 24.0 Å². The van der Waals surface area contributed by atoms with Crippen LogP contribution in [0.25, 0.3) is 0 Å². The zero-order chi connectivity index (χ0) is 7.78. The minimum atomic E-state index is -1.15. The fraction of sp³-hybridized carbons (Fsp3) is 0.429. The molecular formula is C7H11ClSSi. The molecule has 56 valence electrons. The summed E-state index contributed by atoms with van der Waals surface area (Å²) in [6.07, 6.45) is 0. The van der Waals surface area contributed by atoms with Gasteiger partial charge in [-0.1, -0.05) is 37.3 Å². The van der Waals surface area contributed by atoms with E-state index in [0.29, 0.717) is 0 Å². The van der Waals surface area contributed by atoms with Gasteiger partial charge in [0.25, 0.3) is 0 Å². The Morgan fingerprint density at radius 3 is 2.20 bits per heavy atom. The van der Waals surface area contributed by atoms with Gasteiger partial charge < -0.3 is 0 Å². The van der Waals surface area contributed by atoms with E-state index in [-0.39, 0.29) is 0 Å². The average Bonchev–Trinajstić information content (AvgIpc) is 2.11. The van der Waals surface area contributed by atoms with Crippen molar-refractivity contribution < 1.29 is 0 Å². The van der Waals surface area contributed by atoms with E-state index in [0.717, 1.165) is 4.34 Å². The van der Waals surface area contributed by atoms with Gasteiger partial charge in [0.15, 0.2) is 0 Å². The van der Waals surface area contributed by atoms with E-state index in [4.69, 9.17) is 11.6 Å². The molecule has 0 saturated carbocycles. The van der Waals surface area contributed by atoms with E-state index in [1.807, 2.05) is 0 Å². The number of hydrogen-bond acceptors (Lipinski definition) is 1. The molecule has 1 rings (SSSR count). The Hall–Kier alpha value is 0.207. The molecule has 0 spiro atoms. The van der Waals surface area contributed by atoms with E-state index in [9.17, 15) is 0 Å². The van der Waals surface area contributed by atoms with Gasteiger partial charge in [0.05, 0.1) is 12.4 Å². The lowest BCUT2D eigenvalue weighted by molar-refractivity contribution is 1.76. The number of halogens is 1. The van der Waals surface area contributed by atoms with Crippen LogP contribution in [0.5, 0.6) is 0 Å². The van der Waals surface area contributed by atoms with Crippen LogP contribution in [0, 0.1) is 0 Å². The Bertz CT molecular complexity index is 224. The first-order valence-electron chi connectivity index (χ1n) is 3.25. The van der Waals surface area contributed by atoms with Crippen LogP contribution in [-0.4, -0.2) is 8.07 Å². The first-order chi connectivity index (χ1) is 4.52. The maximum absolute atomic E-state index is 5.98. The van der Waals surface area contributed by atoms with Crippen LogP contribution < -0.4 is 5.19 Å². The van der Waals surface area contributed by atoms with Crippen molar-refractivity contribution >= 4 is 36.2 Å². The highest BCUT2D eigenvalue weighted by Crippen LogP contribution is 2.17. The van der Waals surface area contributed by atoms with Gasteiger partial charge in [-0.3, -0.25) is 0 Å². The Morgan fingerprint density at radius 2 is 2.00 bits per heavy atom. The molecule has 0 aliphatic heterocycles. The van der Waals surface area contributed by atoms with Crippen molar-refractivity contribution in [2.24, 2.45) is 0 Å². The molecule has 0 radical (unpaired) electrons. The zero-order valence-electron chi connectivity index (χ0n) is 6.44. The van der Waals surface area contributed by atoms with Crippen molar-refractivity contribution in [3.63, 3.8) is 0 Å². The first kappa shape index (κ1) is 8.30. The largest absolute Gasteiger partial charge is 0.132 e. The predicted octanol–water partition coefficient (Wildman–Crippen LogP) is 2.95. The SMILES string of the molecule is C[Si](C)(C)c1ccsc1Cl. The van der Waals surface area contributed by atoms with Crippen LogP contribution >= 0.6 is 22.9 Å². The van der Waals surface area contributed by atoms with Gasteiger partial charge in [-0.15, -0.1) is 11.3 Å². The Labute approximate surface area is 71.9 Å². The van der Waals surface area contributed by atoms with Crippen LogP contribution in [0.4, 0.5) is 0 Å². The molecule has 0 amide bonds. The van der Waals surface area contributed by atoms with Gasteiger partial charge >= 0.3 is 0 Å². The topological polar surface area (TPSA) is 0 Å². The van der Waals surface area contributed by atoms with Crippen molar-refractivity contribution in [3.8, 4) is 0 Å². The molecule has 0 fully saturated rings. The highest BCUT2D eigenvalue weighted by atomic mass is 35.5. The third kappa shape index (κ3) is 1.62. The van der Waals surface area contributed by atoms with Crippen molar-refractivity contribution in [2.75, 3.05) is 0 Å². The molecule has 0 aromatic carbocycles. The number of thiophene rings is 1. The summed E-state index contributed by atoms with van der Waals surface area (Å²) < 4.78 is 0.985. The third-order valence-electron chi connectivity index (χ3n) is 1.43. The van der Waals surface area contributed by atoms with Crippen LogP contribution in [-0.2, 0) is 0 Å². The van der Waals surface area contributed by atoms with Crippen LogP contribution in [0.1, 0.15) is 0 Å². The minimum Gasteiger partial charge on any atom is -0.132 e. The molecule has 0 N–H and O–H groups in total. The quantitative estimate of drug-likeness (QED) is 0.598. The molecule has 0 atom stereocenters. The molecule has 0 unspecified atom stereocenters. The second-order valence-electron chi connectivity index (χ2n) is 3.36. The zero-order valence-corrected chi connectivity index (χ0v) is 9.01. The van der Waals surface area contributed by atoms with E-state index in [1.54, 1.807) is 11.3 Å². The summed E-state index contributed by atoms with van der Waals surface area (Å²) in [7, 11) is -1.15. The monoisotopic (exact) mass is 190 g/mol. The molecule has 0 nitrogen and oxygen atoms in total. The summed E-state index contributed by atoms with van der Waals surface area (Å²) in [6.45, 7) is 6.92. The summed E-state index contributed by atoms with van der Waals surface area (Å²) in [4.78, 5) is 0. The van der Waals surface area contributed by atoms with Gasteiger partial charge in [-0.05, 0) is 10.6 Å². The lowest BCUT2D eigenvalue weighted by Crippen LogP contribution is -2.36. The smallest absolute Gasteiger partial charge is 0.0920 e. The maximum Gasteiger partial charge on any atom is 0.0920 e. The van der Waals surface area contributed by atoms with Gasteiger partial charge in [0, 0.05) is 0 Å². The summed E-state index contributed by atoms with van der Waals surface area (Å²) >= 11 is 7.61. The van der Waals surface area contributed by atoms with Crippen molar-refractivity contribution in [1.82, 2.24) is 0 Å².